The Kier molecular flexibility index (Phi) is 9.73. The average molecular weight is 611 g/mol. The zero-order valence-corrected chi connectivity index (χ0v) is 25.2. The van der Waals surface area contributed by atoms with Crippen molar-refractivity contribution < 1.29 is 33.4 Å². The van der Waals surface area contributed by atoms with Crippen LogP contribution in [-0.2, 0) is 14.3 Å². The molecule has 0 aliphatic rings. The Morgan fingerprint density at radius 3 is 1.43 bits per heavy atom. The van der Waals surface area contributed by atoms with Gasteiger partial charge in [0.2, 0.25) is 0 Å². The highest BCUT2D eigenvalue weighted by Gasteiger charge is 2.26. The summed E-state index contributed by atoms with van der Waals surface area (Å²) in [5, 5.41) is 0. The lowest BCUT2D eigenvalue weighted by Crippen LogP contribution is -2.21. The molecule has 7 heteroatoms. The summed E-state index contributed by atoms with van der Waals surface area (Å²) in [6, 6.07) is 36.9. The molecule has 0 fully saturated rings. The maximum Gasteiger partial charge on any atom is 0.349 e. The normalized spacial score (nSPS) is 12.0. The minimum Gasteiger partial charge on any atom is -0.425 e. The van der Waals surface area contributed by atoms with Crippen molar-refractivity contribution in [2.75, 3.05) is 0 Å². The molecule has 0 spiro atoms. The first-order valence-corrected chi connectivity index (χ1v) is 14.7. The van der Waals surface area contributed by atoms with E-state index in [0.29, 0.717) is 33.4 Å². The molecule has 0 aliphatic carbocycles. The van der Waals surface area contributed by atoms with Gasteiger partial charge in [0.25, 0.3) is 0 Å². The molecule has 2 unspecified atom stereocenters. The van der Waals surface area contributed by atoms with Gasteiger partial charge in [-0.3, -0.25) is 19.2 Å². The molecular formula is C39H30O7. The summed E-state index contributed by atoms with van der Waals surface area (Å²) >= 11 is 0. The third-order valence-electron chi connectivity index (χ3n) is 7.59. The van der Waals surface area contributed by atoms with E-state index >= 15 is 0 Å². The van der Waals surface area contributed by atoms with Crippen LogP contribution in [0.15, 0.2) is 133 Å². The number of ketones is 2. The average Bonchev–Trinajstić information content (AvgIpc) is 3.11. The van der Waals surface area contributed by atoms with Crippen molar-refractivity contribution in [3.8, 4) is 5.75 Å². The second-order valence-corrected chi connectivity index (χ2v) is 10.7. The number of benzene rings is 5. The lowest BCUT2D eigenvalue weighted by molar-refractivity contribution is -0.139. The predicted octanol–water partition coefficient (Wildman–Crippen LogP) is 7.34. The second kappa shape index (κ2) is 14.2. The summed E-state index contributed by atoms with van der Waals surface area (Å²) in [6.07, 6.45) is 0. The van der Waals surface area contributed by atoms with Gasteiger partial charge in [-0.25, -0.2) is 4.79 Å². The zero-order chi connectivity index (χ0) is 32.6. The second-order valence-electron chi connectivity index (χ2n) is 10.7. The molecule has 0 saturated carbocycles. The first-order valence-electron chi connectivity index (χ1n) is 14.7. The van der Waals surface area contributed by atoms with Gasteiger partial charge in [-0.1, -0.05) is 109 Å². The van der Waals surface area contributed by atoms with Crippen LogP contribution in [0.1, 0.15) is 79.0 Å². The Bertz CT molecular complexity index is 1910. The van der Waals surface area contributed by atoms with Crippen LogP contribution in [0.4, 0.5) is 0 Å². The summed E-state index contributed by atoms with van der Waals surface area (Å²) in [5.41, 5.74) is 2.82. The molecule has 0 saturated heterocycles. The minimum atomic E-state index is -0.986. The van der Waals surface area contributed by atoms with Crippen LogP contribution in [0, 0.1) is 0 Å². The van der Waals surface area contributed by atoms with Gasteiger partial charge in [-0.05, 0) is 49.2 Å². The molecule has 0 heterocycles. The van der Waals surface area contributed by atoms with E-state index in [1.807, 2.05) is 12.1 Å². The molecule has 2 atom stereocenters. The molecule has 46 heavy (non-hydrogen) atoms. The van der Waals surface area contributed by atoms with E-state index in [-0.39, 0.29) is 22.9 Å². The molecule has 0 aromatic heterocycles. The topological polar surface area (TPSA) is 104 Å². The minimum absolute atomic E-state index is 0.0724. The summed E-state index contributed by atoms with van der Waals surface area (Å²) < 4.78 is 10.8. The molecule has 228 valence electrons. The van der Waals surface area contributed by atoms with Gasteiger partial charge in [0.05, 0.1) is 11.8 Å². The fourth-order valence-corrected chi connectivity index (χ4v) is 4.84. The smallest absolute Gasteiger partial charge is 0.349 e. The summed E-state index contributed by atoms with van der Waals surface area (Å²) in [5.74, 6) is -4.57. The molecule has 0 bridgehead atoms. The predicted molar refractivity (Wildman–Crippen MR) is 172 cm³/mol. The fraction of sp³-hybridized carbons (Fsp3) is 0.103. The van der Waals surface area contributed by atoms with E-state index in [9.17, 15) is 24.0 Å². The van der Waals surface area contributed by atoms with Crippen molar-refractivity contribution in [3.63, 3.8) is 0 Å². The van der Waals surface area contributed by atoms with E-state index in [2.05, 4.69) is 0 Å². The number of ether oxygens (including phenoxy) is 2. The molecule has 0 amide bonds. The summed E-state index contributed by atoms with van der Waals surface area (Å²) in [4.78, 5) is 65.2. The first-order chi connectivity index (χ1) is 22.2. The Morgan fingerprint density at radius 2 is 0.913 bits per heavy atom. The molecule has 5 rings (SSSR count). The van der Waals surface area contributed by atoms with Crippen LogP contribution in [0.25, 0.3) is 0 Å². The summed E-state index contributed by atoms with van der Waals surface area (Å²) in [6.45, 7) is 3.21. The highest BCUT2D eigenvalue weighted by Crippen LogP contribution is 2.26. The van der Waals surface area contributed by atoms with E-state index in [1.54, 1.807) is 123 Å². The van der Waals surface area contributed by atoms with Crippen molar-refractivity contribution in [3.05, 3.63) is 172 Å². The van der Waals surface area contributed by atoms with Gasteiger partial charge in [0, 0.05) is 22.3 Å². The van der Waals surface area contributed by atoms with Crippen LogP contribution in [0.2, 0.25) is 0 Å². The molecule has 0 radical (unpaired) electrons. The zero-order valence-electron chi connectivity index (χ0n) is 25.2. The Balaban J connectivity index is 1.26. The molecule has 0 aliphatic heterocycles. The molecular weight excluding hydrogens is 580 g/mol. The van der Waals surface area contributed by atoms with Crippen molar-refractivity contribution in [1.29, 1.82) is 0 Å². The van der Waals surface area contributed by atoms with Gasteiger partial charge in [0.1, 0.15) is 11.3 Å². The van der Waals surface area contributed by atoms with Gasteiger partial charge in [-0.15, -0.1) is 0 Å². The SMILES string of the molecule is CC(C(=O)OC(=O)c1ccccc1OC(=O)C(C)c1cccc(C(=O)c2ccccc2)c1)c1cccc(C(=O)c2ccccc2)c1. The molecule has 0 N–H and O–H groups in total. The lowest BCUT2D eigenvalue weighted by atomic mass is 9.95. The van der Waals surface area contributed by atoms with Crippen molar-refractivity contribution in [1.82, 2.24) is 0 Å². The van der Waals surface area contributed by atoms with E-state index in [4.69, 9.17) is 9.47 Å². The highest BCUT2D eigenvalue weighted by molar-refractivity contribution is 6.10. The van der Waals surface area contributed by atoms with E-state index in [1.165, 1.54) is 12.1 Å². The Morgan fingerprint density at radius 1 is 0.478 bits per heavy atom. The van der Waals surface area contributed by atoms with Crippen molar-refractivity contribution in [2.24, 2.45) is 0 Å². The number of hydrogen-bond donors (Lipinski definition) is 0. The van der Waals surface area contributed by atoms with Gasteiger partial charge < -0.3 is 9.47 Å². The maximum atomic E-state index is 13.2. The third kappa shape index (κ3) is 7.22. The number of rotatable bonds is 10. The van der Waals surface area contributed by atoms with Crippen molar-refractivity contribution >= 4 is 29.5 Å². The largest absolute Gasteiger partial charge is 0.425 e. The van der Waals surface area contributed by atoms with Crippen LogP contribution >= 0.6 is 0 Å². The molecule has 5 aromatic carbocycles. The van der Waals surface area contributed by atoms with Gasteiger partial charge >= 0.3 is 17.9 Å². The first kappa shape index (κ1) is 31.5. The maximum absolute atomic E-state index is 13.2. The number of para-hydroxylation sites is 1. The van der Waals surface area contributed by atoms with Crippen LogP contribution < -0.4 is 4.74 Å². The lowest BCUT2D eigenvalue weighted by Gasteiger charge is -2.15. The van der Waals surface area contributed by atoms with E-state index < -0.39 is 29.7 Å². The van der Waals surface area contributed by atoms with Gasteiger partial charge in [-0.2, -0.15) is 0 Å². The van der Waals surface area contributed by atoms with E-state index in [0.717, 1.165) is 0 Å². The monoisotopic (exact) mass is 610 g/mol. The van der Waals surface area contributed by atoms with Crippen LogP contribution in [0.5, 0.6) is 5.75 Å². The third-order valence-corrected chi connectivity index (χ3v) is 7.59. The number of esters is 3. The molecule has 7 nitrogen and oxygen atoms in total. The van der Waals surface area contributed by atoms with Gasteiger partial charge in [0.15, 0.2) is 11.6 Å². The Labute approximate surface area is 266 Å². The molecule has 5 aromatic rings. The number of carbonyl (C=O) groups excluding carboxylic acids is 5. The number of hydrogen-bond acceptors (Lipinski definition) is 7. The fourth-order valence-electron chi connectivity index (χ4n) is 4.84. The van der Waals surface area contributed by atoms with Crippen molar-refractivity contribution in [2.45, 2.75) is 25.7 Å². The number of carbonyl (C=O) groups is 5. The quantitative estimate of drug-likeness (QED) is 0.0705. The van der Waals surface area contributed by atoms with Crippen LogP contribution in [0.3, 0.4) is 0 Å². The van der Waals surface area contributed by atoms with Crippen LogP contribution in [-0.4, -0.2) is 29.5 Å². The highest BCUT2D eigenvalue weighted by atomic mass is 16.6. The summed E-state index contributed by atoms with van der Waals surface area (Å²) in [7, 11) is 0. The Hall–Kier alpha value is -5.95. The standard InChI is InChI=1S/C39H30O7/c1-25(29-17-11-19-31(23-29)35(40)27-13-5-3-6-14-27)37(42)45-34-22-10-9-21-33(34)39(44)46-38(43)26(2)30-18-12-20-32(24-30)36(41)28-15-7-4-8-16-28/h3-26H,1-2H3.